The fourth-order valence-corrected chi connectivity index (χ4v) is 3.75. The van der Waals surface area contributed by atoms with Crippen LogP contribution in [-0.4, -0.2) is 61.5 Å². The number of hydrogen-bond donors (Lipinski definition) is 1. The monoisotopic (exact) mass is 295 g/mol. The van der Waals surface area contributed by atoms with Crippen LogP contribution >= 0.6 is 0 Å². The minimum atomic E-state index is 0.212. The van der Waals surface area contributed by atoms with Crippen molar-refractivity contribution in [2.24, 2.45) is 0 Å². The molecule has 2 rings (SSSR count). The van der Waals surface area contributed by atoms with E-state index < -0.39 is 0 Å². The van der Waals surface area contributed by atoms with E-state index in [0.717, 1.165) is 6.54 Å². The summed E-state index contributed by atoms with van der Waals surface area (Å²) >= 11 is 0. The molecule has 2 aliphatic rings. The third-order valence-electron chi connectivity index (χ3n) is 5.08. The van der Waals surface area contributed by atoms with Gasteiger partial charge in [-0.05, 0) is 46.3 Å². The van der Waals surface area contributed by atoms with Gasteiger partial charge in [0.1, 0.15) is 0 Å². The topological polar surface area (TPSA) is 35.6 Å². The highest BCUT2D eigenvalue weighted by molar-refractivity contribution is 5.78. The van der Waals surface area contributed by atoms with E-state index in [1.165, 1.54) is 64.3 Å². The second kappa shape index (κ2) is 8.74. The number of nitrogens with one attached hydrogen (secondary N) is 1. The minimum Gasteiger partial charge on any atom is -0.352 e. The number of hydrogen-bond acceptors (Lipinski definition) is 3. The normalized spacial score (nSPS) is 25.8. The molecule has 2 fully saturated rings. The van der Waals surface area contributed by atoms with Crippen molar-refractivity contribution in [2.75, 3.05) is 33.7 Å². The zero-order valence-corrected chi connectivity index (χ0v) is 13.9. The fraction of sp³-hybridized carbons (Fsp3) is 0.941. The lowest BCUT2D eigenvalue weighted by atomic mass is 9.97. The molecule has 1 aliphatic carbocycles. The molecule has 4 heteroatoms. The zero-order chi connectivity index (χ0) is 15.1. The summed E-state index contributed by atoms with van der Waals surface area (Å²) in [4.78, 5) is 16.8. The summed E-state index contributed by atoms with van der Waals surface area (Å²) in [7, 11) is 4.27. The molecule has 1 heterocycles. The van der Waals surface area contributed by atoms with Gasteiger partial charge in [0.15, 0.2) is 0 Å². The number of likely N-dealkylation sites (tertiary alicyclic amines) is 1. The van der Waals surface area contributed by atoms with E-state index in [9.17, 15) is 4.79 Å². The number of amides is 1. The van der Waals surface area contributed by atoms with Crippen LogP contribution in [0.3, 0.4) is 0 Å². The number of carbonyl (C=O) groups is 1. The van der Waals surface area contributed by atoms with E-state index in [1.807, 2.05) is 0 Å². The van der Waals surface area contributed by atoms with Crippen LogP contribution in [0.2, 0.25) is 0 Å². The first-order valence-electron chi connectivity index (χ1n) is 8.83. The molecule has 21 heavy (non-hydrogen) atoms. The molecule has 1 saturated heterocycles. The molecular weight excluding hydrogens is 262 g/mol. The first kappa shape index (κ1) is 16.8. The summed E-state index contributed by atoms with van der Waals surface area (Å²) in [5.74, 6) is 0.212. The van der Waals surface area contributed by atoms with Gasteiger partial charge in [-0.2, -0.15) is 0 Å². The Bertz CT molecular complexity index is 313. The summed E-state index contributed by atoms with van der Waals surface area (Å²) in [5, 5.41) is 3.26. The molecule has 4 nitrogen and oxygen atoms in total. The highest BCUT2D eigenvalue weighted by Gasteiger charge is 2.23. The van der Waals surface area contributed by atoms with Gasteiger partial charge in [-0.15, -0.1) is 0 Å². The maximum Gasteiger partial charge on any atom is 0.234 e. The average molecular weight is 295 g/mol. The van der Waals surface area contributed by atoms with Gasteiger partial charge < -0.3 is 10.2 Å². The van der Waals surface area contributed by atoms with E-state index in [2.05, 4.69) is 29.2 Å². The lowest BCUT2D eigenvalue weighted by Crippen LogP contribution is -2.44. The highest BCUT2D eigenvalue weighted by Crippen LogP contribution is 2.17. The van der Waals surface area contributed by atoms with Crippen molar-refractivity contribution in [1.82, 2.24) is 15.1 Å². The van der Waals surface area contributed by atoms with Crippen LogP contribution in [-0.2, 0) is 4.79 Å². The molecule has 0 aromatic heterocycles. The number of carbonyl (C=O) groups excluding carboxylic acids is 1. The lowest BCUT2D eigenvalue weighted by Gasteiger charge is -2.26. The maximum absolute atomic E-state index is 12.2. The third-order valence-corrected chi connectivity index (χ3v) is 5.08. The maximum atomic E-state index is 12.2. The van der Waals surface area contributed by atoms with Gasteiger partial charge in [0.05, 0.1) is 6.54 Å². The largest absolute Gasteiger partial charge is 0.352 e. The van der Waals surface area contributed by atoms with Gasteiger partial charge in [-0.1, -0.05) is 32.1 Å². The Morgan fingerprint density at radius 3 is 2.38 bits per heavy atom. The van der Waals surface area contributed by atoms with Crippen molar-refractivity contribution in [3.8, 4) is 0 Å². The molecule has 0 bridgehead atoms. The van der Waals surface area contributed by atoms with Crippen molar-refractivity contribution < 1.29 is 4.79 Å². The molecule has 122 valence electrons. The van der Waals surface area contributed by atoms with Crippen LogP contribution < -0.4 is 5.32 Å². The van der Waals surface area contributed by atoms with Gasteiger partial charge in [-0.3, -0.25) is 9.69 Å². The standard InChI is InChI=1S/C17H33N3O/c1-19(13-16-11-8-12-20(16)2)14-17(21)18-15-9-6-4-3-5-7-10-15/h15-16H,3-14H2,1-2H3,(H,18,21). The van der Waals surface area contributed by atoms with Crippen molar-refractivity contribution in [3.63, 3.8) is 0 Å². The van der Waals surface area contributed by atoms with Gasteiger partial charge in [-0.25, -0.2) is 0 Å². The number of nitrogens with zero attached hydrogens (tertiary/aromatic N) is 2. The predicted octanol–water partition coefficient (Wildman–Crippen LogP) is 2.24. The van der Waals surface area contributed by atoms with Crippen molar-refractivity contribution in [2.45, 2.75) is 69.9 Å². The van der Waals surface area contributed by atoms with Crippen LogP contribution in [0.1, 0.15) is 57.8 Å². The van der Waals surface area contributed by atoms with Gasteiger partial charge in [0.2, 0.25) is 5.91 Å². The van der Waals surface area contributed by atoms with Crippen LogP contribution in [0, 0.1) is 0 Å². The molecule has 0 spiro atoms. The molecular formula is C17H33N3O. The first-order chi connectivity index (χ1) is 10.1. The van der Waals surface area contributed by atoms with E-state index in [1.54, 1.807) is 0 Å². The molecule has 1 aliphatic heterocycles. The van der Waals surface area contributed by atoms with Gasteiger partial charge in [0, 0.05) is 18.6 Å². The van der Waals surface area contributed by atoms with E-state index in [-0.39, 0.29) is 5.91 Å². The highest BCUT2D eigenvalue weighted by atomic mass is 16.2. The SMILES string of the molecule is CN(CC(=O)NC1CCCCCCC1)CC1CCCN1C. The molecule has 0 radical (unpaired) electrons. The molecule has 1 N–H and O–H groups in total. The van der Waals surface area contributed by atoms with Crippen molar-refractivity contribution in [3.05, 3.63) is 0 Å². The Morgan fingerprint density at radius 1 is 1.10 bits per heavy atom. The minimum absolute atomic E-state index is 0.212. The van der Waals surface area contributed by atoms with Crippen LogP contribution in [0.25, 0.3) is 0 Å². The van der Waals surface area contributed by atoms with E-state index in [0.29, 0.717) is 18.6 Å². The average Bonchev–Trinajstić information content (AvgIpc) is 2.78. The van der Waals surface area contributed by atoms with E-state index >= 15 is 0 Å². The Morgan fingerprint density at radius 2 is 1.76 bits per heavy atom. The molecule has 1 saturated carbocycles. The van der Waals surface area contributed by atoms with Crippen molar-refractivity contribution >= 4 is 5.91 Å². The quantitative estimate of drug-likeness (QED) is 0.845. The smallest absolute Gasteiger partial charge is 0.234 e. The van der Waals surface area contributed by atoms with Crippen LogP contribution in [0.4, 0.5) is 0 Å². The van der Waals surface area contributed by atoms with Crippen molar-refractivity contribution in [1.29, 1.82) is 0 Å². The Hall–Kier alpha value is -0.610. The molecule has 0 aromatic carbocycles. The predicted molar refractivity (Wildman–Crippen MR) is 87.4 cm³/mol. The summed E-state index contributed by atoms with van der Waals surface area (Å²) in [6, 6.07) is 1.05. The first-order valence-corrected chi connectivity index (χ1v) is 8.83. The summed E-state index contributed by atoms with van der Waals surface area (Å²) < 4.78 is 0. The second-order valence-corrected chi connectivity index (χ2v) is 7.08. The summed E-state index contributed by atoms with van der Waals surface area (Å²) in [5.41, 5.74) is 0. The molecule has 1 atom stereocenters. The second-order valence-electron chi connectivity index (χ2n) is 7.08. The summed E-state index contributed by atoms with van der Waals surface area (Å²) in [6.45, 7) is 2.75. The summed E-state index contributed by atoms with van der Waals surface area (Å²) in [6.07, 6.45) is 11.5. The fourth-order valence-electron chi connectivity index (χ4n) is 3.75. The molecule has 1 amide bonds. The zero-order valence-electron chi connectivity index (χ0n) is 13.9. The van der Waals surface area contributed by atoms with Gasteiger partial charge in [0.25, 0.3) is 0 Å². The van der Waals surface area contributed by atoms with Crippen LogP contribution in [0.15, 0.2) is 0 Å². The molecule has 0 aromatic rings. The van der Waals surface area contributed by atoms with Gasteiger partial charge >= 0.3 is 0 Å². The van der Waals surface area contributed by atoms with Crippen LogP contribution in [0.5, 0.6) is 0 Å². The number of rotatable bonds is 5. The number of likely N-dealkylation sites (N-methyl/N-ethyl adjacent to an activating group) is 2. The Balaban J connectivity index is 1.67. The lowest BCUT2D eigenvalue weighted by molar-refractivity contribution is -0.122. The Labute approximate surface area is 130 Å². The Kier molecular flexibility index (Phi) is 6.97. The van der Waals surface area contributed by atoms with E-state index in [4.69, 9.17) is 0 Å². The third kappa shape index (κ3) is 5.95. The molecule has 1 unspecified atom stereocenters.